The van der Waals surface area contributed by atoms with Gasteiger partial charge in [0.25, 0.3) is 0 Å². The highest BCUT2D eigenvalue weighted by molar-refractivity contribution is 5.91. The molecule has 0 radical (unpaired) electrons. The lowest BCUT2D eigenvalue weighted by Crippen LogP contribution is -2.31. The predicted molar refractivity (Wildman–Crippen MR) is 78.3 cm³/mol. The summed E-state index contributed by atoms with van der Waals surface area (Å²) in [5.74, 6) is -1.32. The lowest BCUT2D eigenvalue weighted by molar-refractivity contribution is -0.156. The Balaban J connectivity index is 1.61. The van der Waals surface area contributed by atoms with Crippen LogP contribution in [0.15, 0.2) is 41.3 Å². The number of anilines is 1. The highest BCUT2D eigenvalue weighted by atomic mass is 19.4. The van der Waals surface area contributed by atoms with Crippen molar-refractivity contribution in [1.29, 1.82) is 0 Å². The molecular formula is C14H12F3N5O2. The summed E-state index contributed by atoms with van der Waals surface area (Å²) >= 11 is 0. The van der Waals surface area contributed by atoms with Crippen LogP contribution < -0.4 is 10.6 Å². The molecule has 7 nitrogen and oxygen atoms in total. The molecule has 0 aliphatic rings. The van der Waals surface area contributed by atoms with Gasteiger partial charge in [0.05, 0.1) is 6.33 Å². The zero-order chi connectivity index (χ0) is 17.2. The number of nitrogens with zero attached hydrogens (tertiary/aromatic N) is 3. The number of oxazole rings is 1. The van der Waals surface area contributed by atoms with E-state index in [1.54, 1.807) is 23.3 Å². The maximum atomic E-state index is 12.6. The molecule has 3 rings (SSSR count). The van der Waals surface area contributed by atoms with E-state index in [9.17, 15) is 18.0 Å². The topological polar surface area (TPSA) is 85.0 Å². The average Bonchev–Trinajstić information content (AvgIpc) is 3.15. The summed E-state index contributed by atoms with van der Waals surface area (Å²) in [6.07, 6.45) is 0.354. The number of carbonyl (C=O) groups is 1. The molecule has 0 unspecified atom stereocenters. The Kier molecular flexibility index (Phi) is 4.11. The Morgan fingerprint density at radius 3 is 2.88 bits per heavy atom. The molecule has 0 saturated carbocycles. The first-order valence-corrected chi connectivity index (χ1v) is 6.90. The minimum atomic E-state index is -4.66. The first kappa shape index (κ1) is 15.8. The summed E-state index contributed by atoms with van der Waals surface area (Å²) in [5.41, 5.74) is 0.316. The van der Waals surface area contributed by atoms with Gasteiger partial charge in [-0.15, -0.1) is 0 Å². The van der Waals surface area contributed by atoms with E-state index in [0.717, 1.165) is 0 Å². The van der Waals surface area contributed by atoms with Crippen LogP contribution in [0, 0.1) is 0 Å². The summed E-state index contributed by atoms with van der Waals surface area (Å²) in [5, 5.41) is 5.15. The van der Waals surface area contributed by atoms with E-state index >= 15 is 0 Å². The lowest BCUT2D eigenvalue weighted by Gasteiger charge is -2.07. The molecule has 0 spiro atoms. The number of hydrogen-bond acceptors (Lipinski definition) is 4. The van der Waals surface area contributed by atoms with E-state index in [4.69, 9.17) is 0 Å². The molecule has 2 amide bonds. The normalized spacial score (nSPS) is 11.6. The van der Waals surface area contributed by atoms with Crippen molar-refractivity contribution in [3.8, 4) is 0 Å². The molecule has 10 heteroatoms. The maximum absolute atomic E-state index is 12.6. The number of carbonyl (C=O) groups excluding carboxylic acids is 1. The molecule has 0 aliphatic heterocycles. The molecule has 0 saturated heterocycles. The van der Waals surface area contributed by atoms with Crippen LogP contribution in [-0.2, 0) is 12.7 Å². The average molecular weight is 339 g/mol. The fourth-order valence-electron chi connectivity index (χ4n) is 2.02. The van der Waals surface area contributed by atoms with Crippen LogP contribution in [0.2, 0.25) is 0 Å². The number of urea groups is 1. The van der Waals surface area contributed by atoms with Crippen LogP contribution >= 0.6 is 0 Å². The Hall–Kier alpha value is -3.04. The third kappa shape index (κ3) is 3.65. The molecule has 0 aliphatic carbocycles. The molecule has 126 valence electrons. The molecule has 3 aromatic rings. The number of halogens is 3. The third-order valence-corrected chi connectivity index (χ3v) is 3.10. The number of alkyl halides is 3. The number of imidazole rings is 1. The quantitative estimate of drug-likeness (QED) is 0.765. The van der Waals surface area contributed by atoms with Crippen LogP contribution in [0.1, 0.15) is 5.89 Å². The minimum absolute atomic E-state index is 0.00612. The molecular weight excluding hydrogens is 327 g/mol. The second-order valence-corrected chi connectivity index (χ2v) is 4.88. The highest BCUT2D eigenvalue weighted by Gasteiger charge is 2.37. The van der Waals surface area contributed by atoms with Crippen LogP contribution in [0.3, 0.4) is 0 Å². The summed E-state index contributed by atoms with van der Waals surface area (Å²) < 4.78 is 44.1. The lowest BCUT2D eigenvalue weighted by atomic mass is 10.3. The fourth-order valence-corrected chi connectivity index (χ4v) is 2.02. The molecule has 2 heterocycles. The van der Waals surface area contributed by atoms with Gasteiger partial charge < -0.3 is 19.6 Å². The maximum Gasteiger partial charge on any atom is 0.468 e. The minimum Gasteiger partial charge on any atom is -0.433 e. The van der Waals surface area contributed by atoms with E-state index in [2.05, 4.69) is 25.0 Å². The van der Waals surface area contributed by atoms with E-state index in [0.29, 0.717) is 18.8 Å². The fraction of sp³-hybridized carbons (Fsp3) is 0.214. The molecule has 0 fully saturated rings. The van der Waals surface area contributed by atoms with Gasteiger partial charge in [-0.1, -0.05) is 0 Å². The third-order valence-electron chi connectivity index (χ3n) is 3.10. The summed E-state index contributed by atoms with van der Waals surface area (Å²) in [6, 6.07) is 3.58. The van der Waals surface area contributed by atoms with Gasteiger partial charge in [-0.3, -0.25) is 0 Å². The number of amides is 2. The van der Waals surface area contributed by atoms with Crippen LogP contribution in [0.5, 0.6) is 0 Å². The van der Waals surface area contributed by atoms with Gasteiger partial charge in [-0.05, 0) is 18.2 Å². The summed E-state index contributed by atoms with van der Waals surface area (Å²) in [6.45, 7) is 0.914. The van der Waals surface area contributed by atoms with Gasteiger partial charge in [0.1, 0.15) is 5.52 Å². The van der Waals surface area contributed by atoms with E-state index < -0.39 is 18.1 Å². The number of nitrogens with one attached hydrogen (secondary N) is 2. The van der Waals surface area contributed by atoms with Crippen molar-refractivity contribution in [3.05, 3.63) is 42.8 Å². The number of aromatic nitrogens is 3. The zero-order valence-electron chi connectivity index (χ0n) is 12.2. The standard InChI is InChI=1S/C14H12F3N5O2/c15-14(16,17)12-21-10-7-9(1-2-11(10)24-12)20-13(23)19-4-6-22-5-3-18-8-22/h1-3,5,7-8H,4,6H2,(H2,19,20,23). The van der Waals surface area contributed by atoms with Crippen molar-refractivity contribution in [2.75, 3.05) is 11.9 Å². The van der Waals surface area contributed by atoms with Gasteiger partial charge in [-0.2, -0.15) is 13.2 Å². The van der Waals surface area contributed by atoms with Gasteiger partial charge in [0.2, 0.25) is 0 Å². The number of benzene rings is 1. The van der Waals surface area contributed by atoms with E-state index in [1.165, 1.54) is 18.2 Å². The van der Waals surface area contributed by atoms with Crippen molar-refractivity contribution in [2.24, 2.45) is 0 Å². The molecule has 0 bridgehead atoms. The Morgan fingerprint density at radius 2 is 2.17 bits per heavy atom. The van der Waals surface area contributed by atoms with Gasteiger partial charge in [0, 0.05) is 31.2 Å². The second kappa shape index (κ2) is 6.22. The van der Waals surface area contributed by atoms with E-state index in [1.807, 2.05) is 0 Å². The summed E-state index contributed by atoms with van der Waals surface area (Å²) in [7, 11) is 0. The smallest absolute Gasteiger partial charge is 0.433 e. The Bertz CT molecular complexity index is 842. The second-order valence-electron chi connectivity index (χ2n) is 4.88. The van der Waals surface area contributed by atoms with Crippen LogP contribution in [0.4, 0.5) is 23.7 Å². The molecule has 0 atom stereocenters. The largest absolute Gasteiger partial charge is 0.468 e. The molecule has 2 N–H and O–H groups in total. The molecule has 24 heavy (non-hydrogen) atoms. The number of fused-ring (bicyclic) bond motifs is 1. The first-order valence-electron chi connectivity index (χ1n) is 6.90. The van der Waals surface area contributed by atoms with Crippen molar-refractivity contribution >= 4 is 22.8 Å². The van der Waals surface area contributed by atoms with Gasteiger partial charge >= 0.3 is 18.1 Å². The monoisotopic (exact) mass is 339 g/mol. The van der Waals surface area contributed by atoms with Gasteiger partial charge in [0.15, 0.2) is 5.58 Å². The number of rotatable bonds is 4. The van der Waals surface area contributed by atoms with E-state index in [-0.39, 0.29) is 11.1 Å². The predicted octanol–water partition coefficient (Wildman–Crippen LogP) is 2.86. The first-order chi connectivity index (χ1) is 11.4. The van der Waals surface area contributed by atoms with Crippen molar-refractivity contribution in [1.82, 2.24) is 19.9 Å². The Labute approximate surface area is 133 Å². The van der Waals surface area contributed by atoms with Crippen molar-refractivity contribution < 1.29 is 22.4 Å². The van der Waals surface area contributed by atoms with Crippen molar-refractivity contribution in [3.63, 3.8) is 0 Å². The number of hydrogen-bond donors (Lipinski definition) is 2. The van der Waals surface area contributed by atoms with Gasteiger partial charge in [-0.25, -0.2) is 14.8 Å². The SMILES string of the molecule is O=C(NCCn1ccnc1)Nc1ccc2oc(C(F)(F)F)nc2c1. The zero-order valence-corrected chi connectivity index (χ0v) is 12.2. The highest BCUT2D eigenvalue weighted by Crippen LogP contribution is 2.31. The molecule has 1 aromatic carbocycles. The summed E-state index contributed by atoms with van der Waals surface area (Å²) in [4.78, 5) is 19.0. The Morgan fingerprint density at radius 1 is 1.33 bits per heavy atom. The van der Waals surface area contributed by atoms with Crippen LogP contribution in [-0.4, -0.2) is 27.1 Å². The van der Waals surface area contributed by atoms with Crippen molar-refractivity contribution in [2.45, 2.75) is 12.7 Å². The molecule has 2 aromatic heterocycles. The van der Waals surface area contributed by atoms with Crippen LogP contribution in [0.25, 0.3) is 11.1 Å².